The second-order valence-corrected chi connectivity index (χ2v) is 5.41. The highest BCUT2D eigenvalue weighted by Crippen LogP contribution is 2.31. The SMILES string of the molecule is C=CCC[C@H](N)c1cc(OC(C)(C)C)ccc1O.Cl. The fourth-order valence-electron chi connectivity index (χ4n) is 1.70. The van der Waals surface area contributed by atoms with Crippen LogP contribution in [-0.2, 0) is 0 Å². The number of hydrogen-bond acceptors (Lipinski definition) is 3. The number of phenolic OH excluding ortho intramolecular Hbond substituents is 1. The number of benzene rings is 1. The van der Waals surface area contributed by atoms with Gasteiger partial charge in [-0.2, -0.15) is 0 Å². The molecule has 0 saturated carbocycles. The number of phenols is 1. The Balaban J connectivity index is 0.00000324. The Labute approximate surface area is 121 Å². The summed E-state index contributed by atoms with van der Waals surface area (Å²) in [6.45, 7) is 9.62. The third-order valence-electron chi connectivity index (χ3n) is 2.50. The van der Waals surface area contributed by atoms with Gasteiger partial charge in [0.05, 0.1) is 0 Å². The zero-order valence-electron chi connectivity index (χ0n) is 11.8. The summed E-state index contributed by atoms with van der Waals surface area (Å²) in [7, 11) is 0. The molecule has 0 aliphatic rings. The summed E-state index contributed by atoms with van der Waals surface area (Å²) >= 11 is 0. The van der Waals surface area contributed by atoms with Crippen LogP contribution in [0, 0.1) is 0 Å². The molecule has 108 valence electrons. The van der Waals surface area contributed by atoms with Crippen molar-refractivity contribution in [2.24, 2.45) is 5.73 Å². The molecule has 0 saturated heterocycles. The molecule has 0 aromatic heterocycles. The molecule has 1 aromatic carbocycles. The van der Waals surface area contributed by atoms with E-state index in [0.717, 1.165) is 24.2 Å². The molecule has 0 fully saturated rings. The van der Waals surface area contributed by atoms with Gasteiger partial charge >= 0.3 is 0 Å². The van der Waals surface area contributed by atoms with Crippen molar-refractivity contribution in [2.45, 2.75) is 45.3 Å². The van der Waals surface area contributed by atoms with Crippen LogP contribution in [0.5, 0.6) is 11.5 Å². The number of allylic oxidation sites excluding steroid dienone is 1. The highest BCUT2D eigenvalue weighted by atomic mass is 35.5. The molecule has 0 radical (unpaired) electrons. The lowest BCUT2D eigenvalue weighted by Gasteiger charge is -2.22. The number of ether oxygens (including phenoxy) is 1. The van der Waals surface area contributed by atoms with E-state index in [1.807, 2.05) is 32.9 Å². The van der Waals surface area contributed by atoms with Crippen LogP contribution in [0.3, 0.4) is 0 Å². The molecular weight excluding hydrogens is 262 g/mol. The van der Waals surface area contributed by atoms with Gasteiger partial charge in [-0.25, -0.2) is 0 Å². The van der Waals surface area contributed by atoms with Gasteiger partial charge in [0.2, 0.25) is 0 Å². The molecule has 0 unspecified atom stereocenters. The summed E-state index contributed by atoms with van der Waals surface area (Å²) in [6.07, 6.45) is 3.41. The van der Waals surface area contributed by atoms with Crippen LogP contribution in [0.1, 0.15) is 45.2 Å². The fraction of sp³-hybridized carbons (Fsp3) is 0.467. The average molecular weight is 286 g/mol. The van der Waals surface area contributed by atoms with Gasteiger partial charge in [0.1, 0.15) is 17.1 Å². The lowest BCUT2D eigenvalue weighted by molar-refractivity contribution is 0.130. The van der Waals surface area contributed by atoms with E-state index in [0.29, 0.717) is 0 Å². The Kier molecular flexibility index (Phi) is 6.95. The van der Waals surface area contributed by atoms with Gasteiger partial charge in [-0.15, -0.1) is 19.0 Å². The van der Waals surface area contributed by atoms with Crippen LogP contribution in [0.25, 0.3) is 0 Å². The molecule has 0 spiro atoms. The molecule has 1 rings (SSSR count). The Hall–Kier alpha value is -1.19. The Bertz CT molecular complexity index is 413. The van der Waals surface area contributed by atoms with Crippen LogP contribution in [-0.4, -0.2) is 10.7 Å². The van der Waals surface area contributed by atoms with Crippen LogP contribution in [0.4, 0.5) is 0 Å². The zero-order chi connectivity index (χ0) is 13.8. The van der Waals surface area contributed by atoms with E-state index in [2.05, 4.69) is 6.58 Å². The first-order chi connectivity index (χ1) is 8.33. The minimum atomic E-state index is -0.264. The smallest absolute Gasteiger partial charge is 0.120 e. The molecule has 0 aliphatic heterocycles. The van der Waals surface area contributed by atoms with Gasteiger partial charge in [-0.05, 0) is 51.8 Å². The van der Waals surface area contributed by atoms with Crippen molar-refractivity contribution in [3.05, 3.63) is 36.4 Å². The van der Waals surface area contributed by atoms with Gasteiger partial charge in [-0.1, -0.05) is 6.08 Å². The van der Waals surface area contributed by atoms with E-state index in [4.69, 9.17) is 10.5 Å². The van der Waals surface area contributed by atoms with E-state index < -0.39 is 0 Å². The molecule has 3 N–H and O–H groups in total. The maximum atomic E-state index is 9.84. The van der Waals surface area contributed by atoms with Gasteiger partial charge in [0, 0.05) is 11.6 Å². The van der Waals surface area contributed by atoms with E-state index in [1.54, 1.807) is 12.1 Å². The first-order valence-corrected chi connectivity index (χ1v) is 6.22. The normalized spacial score (nSPS) is 12.4. The van der Waals surface area contributed by atoms with Crippen molar-refractivity contribution in [2.75, 3.05) is 0 Å². The highest BCUT2D eigenvalue weighted by Gasteiger charge is 2.15. The quantitative estimate of drug-likeness (QED) is 0.805. The van der Waals surface area contributed by atoms with Crippen LogP contribution < -0.4 is 10.5 Å². The first-order valence-electron chi connectivity index (χ1n) is 6.22. The summed E-state index contributed by atoms with van der Waals surface area (Å²) in [5, 5.41) is 9.84. The maximum Gasteiger partial charge on any atom is 0.120 e. The van der Waals surface area contributed by atoms with Gasteiger partial charge in [-0.3, -0.25) is 0 Å². The van der Waals surface area contributed by atoms with Crippen molar-refractivity contribution >= 4 is 12.4 Å². The molecule has 1 atom stereocenters. The summed E-state index contributed by atoms with van der Waals surface area (Å²) in [5.41, 5.74) is 6.51. The second-order valence-electron chi connectivity index (χ2n) is 5.41. The number of nitrogens with two attached hydrogens (primary N) is 1. The third-order valence-corrected chi connectivity index (χ3v) is 2.50. The molecule has 0 aliphatic carbocycles. The molecule has 1 aromatic rings. The lowest BCUT2D eigenvalue weighted by Crippen LogP contribution is -2.23. The number of halogens is 1. The van der Waals surface area contributed by atoms with E-state index in [1.165, 1.54) is 0 Å². The van der Waals surface area contributed by atoms with Crippen molar-refractivity contribution < 1.29 is 9.84 Å². The molecule has 0 heterocycles. The zero-order valence-corrected chi connectivity index (χ0v) is 12.7. The van der Waals surface area contributed by atoms with E-state index in [9.17, 15) is 5.11 Å². The molecule has 0 amide bonds. The third kappa shape index (κ3) is 5.99. The fourth-order valence-corrected chi connectivity index (χ4v) is 1.70. The van der Waals surface area contributed by atoms with Crippen molar-refractivity contribution in [3.8, 4) is 11.5 Å². The summed E-state index contributed by atoms with van der Waals surface area (Å²) in [5.74, 6) is 0.942. The molecule has 3 nitrogen and oxygen atoms in total. The average Bonchev–Trinajstić information content (AvgIpc) is 2.26. The molecular formula is C15H24ClNO2. The number of hydrogen-bond donors (Lipinski definition) is 2. The summed E-state index contributed by atoms with van der Waals surface area (Å²) < 4.78 is 5.77. The topological polar surface area (TPSA) is 55.5 Å². The molecule has 19 heavy (non-hydrogen) atoms. The second kappa shape index (κ2) is 7.41. The Morgan fingerprint density at radius 1 is 1.42 bits per heavy atom. The predicted octanol–water partition coefficient (Wildman–Crippen LogP) is 3.96. The van der Waals surface area contributed by atoms with E-state index in [-0.39, 0.29) is 29.8 Å². The van der Waals surface area contributed by atoms with Crippen molar-refractivity contribution in [1.29, 1.82) is 0 Å². The van der Waals surface area contributed by atoms with Gasteiger partial charge in [0.25, 0.3) is 0 Å². The van der Waals surface area contributed by atoms with Crippen LogP contribution in [0.15, 0.2) is 30.9 Å². The monoisotopic (exact) mass is 285 g/mol. The predicted molar refractivity (Wildman–Crippen MR) is 82.1 cm³/mol. The standard InChI is InChI=1S/C15H23NO2.ClH/c1-5-6-7-13(16)12-10-11(8-9-14(12)17)18-15(2,3)4;/h5,8-10,13,17H,1,6-7,16H2,2-4H3;1H/t13-;/m0./s1. The minimum Gasteiger partial charge on any atom is -0.508 e. The van der Waals surface area contributed by atoms with Crippen LogP contribution in [0.2, 0.25) is 0 Å². The minimum absolute atomic E-state index is 0. The maximum absolute atomic E-state index is 9.84. The van der Waals surface area contributed by atoms with Crippen molar-refractivity contribution in [3.63, 3.8) is 0 Å². The molecule has 4 heteroatoms. The Morgan fingerprint density at radius 2 is 2.05 bits per heavy atom. The Morgan fingerprint density at radius 3 is 2.58 bits per heavy atom. The van der Waals surface area contributed by atoms with Crippen molar-refractivity contribution in [1.82, 2.24) is 0 Å². The largest absolute Gasteiger partial charge is 0.508 e. The van der Waals surface area contributed by atoms with Gasteiger partial charge in [0.15, 0.2) is 0 Å². The summed E-state index contributed by atoms with van der Waals surface area (Å²) in [6, 6.07) is 4.99. The first kappa shape index (κ1) is 17.8. The van der Waals surface area contributed by atoms with E-state index >= 15 is 0 Å². The van der Waals surface area contributed by atoms with Crippen LogP contribution >= 0.6 is 12.4 Å². The number of aromatic hydroxyl groups is 1. The number of rotatable bonds is 5. The lowest BCUT2D eigenvalue weighted by atomic mass is 10.0. The molecule has 0 bridgehead atoms. The highest BCUT2D eigenvalue weighted by molar-refractivity contribution is 5.85. The van der Waals surface area contributed by atoms with Gasteiger partial charge < -0.3 is 15.6 Å². The summed E-state index contributed by atoms with van der Waals surface area (Å²) in [4.78, 5) is 0.